The van der Waals surface area contributed by atoms with Crippen LogP contribution in [-0.2, 0) is 5.92 Å². The molecule has 1 N–H and O–H groups in total. The van der Waals surface area contributed by atoms with Crippen LogP contribution >= 0.6 is 11.6 Å². The highest BCUT2D eigenvalue weighted by Gasteiger charge is 2.33. The van der Waals surface area contributed by atoms with Crippen LogP contribution in [0.3, 0.4) is 0 Å². The standard InChI is InChI=1S/C8H9ClF2N2O/c1-5-4-6(13-7(9)12-5)8(10,11)2-3-14/h4,14H,2-3H2,1H3. The van der Waals surface area contributed by atoms with E-state index >= 15 is 0 Å². The Bertz CT molecular complexity index is 313. The van der Waals surface area contributed by atoms with Crippen molar-refractivity contribution >= 4 is 11.6 Å². The van der Waals surface area contributed by atoms with Crippen LogP contribution in [0, 0.1) is 6.92 Å². The van der Waals surface area contributed by atoms with E-state index in [1.807, 2.05) is 0 Å². The first-order chi connectivity index (χ1) is 6.45. The Labute approximate surface area is 84.8 Å². The first-order valence-electron chi connectivity index (χ1n) is 3.96. The lowest BCUT2D eigenvalue weighted by atomic mass is 10.1. The maximum Gasteiger partial charge on any atom is 0.292 e. The summed E-state index contributed by atoms with van der Waals surface area (Å²) < 4.78 is 26.4. The zero-order chi connectivity index (χ0) is 10.8. The summed E-state index contributed by atoms with van der Waals surface area (Å²) >= 11 is 5.44. The molecule has 1 heterocycles. The molecule has 3 nitrogen and oxygen atoms in total. The second-order valence-corrected chi connectivity index (χ2v) is 3.18. The van der Waals surface area contributed by atoms with Gasteiger partial charge in [0.2, 0.25) is 5.28 Å². The zero-order valence-corrected chi connectivity index (χ0v) is 8.22. The highest BCUT2D eigenvalue weighted by molar-refractivity contribution is 6.28. The molecule has 0 aliphatic rings. The first kappa shape index (κ1) is 11.3. The molecule has 0 saturated heterocycles. The number of nitrogens with zero attached hydrogens (tertiary/aromatic N) is 2. The number of aliphatic hydroxyl groups is 1. The fourth-order valence-corrected chi connectivity index (χ4v) is 1.21. The van der Waals surface area contributed by atoms with Gasteiger partial charge >= 0.3 is 0 Å². The van der Waals surface area contributed by atoms with Crippen LogP contribution in [0.5, 0.6) is 0 Å². The lowest BCUT2D eigenvalue weighted by Gasteiger charge is -2.14. The van der Waals surface area contributed by atoms with Gasteiger partial charge in [0.15, 0.2) is 0 Å². The Balaban J connectivity index is 3.05. The third-order valence-electron chi connectivity index (χ3n) is 1.63. The van der Waals surface area contributed by atoms with Gasteiger partial charge in [-0.25, -0.2) is 9.97 Å². The fourth-order valence-electron chi connectivity index (χ4n) is 0.988. The molecule has 1 rings (SSSR count). The summed E-state index contributed by atoms with van der Waals surface area (Å²) in [6.07, 6.45) is -0.667. The minimum atomic E-state index is -3.16. The summed E-state index contributed by atoms with van der Waals surface area (Å²) in [5, 5.41) is 8.23. The van der Waals surface area contributed by atoms with E-state index in [1.54, 1.807) is 6.92 Å². The van der Waals surface area contributed by atoms with Crippen molar-refractivity contribution in [3.05, 3.63) is 22.7 Å². The van der Waals surface area contributed by atoms with Crippen LogP contribution in [-0.4, -0.2) is 21.7 Å². The molecule has 14 heavy (non-hydrogen) atoms. The van der Waals surface area contributed by atoms with Crippen LogP contribution in [0.1, 0.15) is 17.8 Å². The average Bonchev–Trinajstić information content (AvgIpc) is 2.02. The number of aryl methyl sites for hydroxylation is 1. The van der Waals surface area contributed by atoms with Crippen molar-refractivity contribution in [3.63, 3.8) is 0 Å². The number of hydrogen-bond donors (Lipinski definition) is 1. The molecule has 0 aliphatic carbocycles. The summed E-state index contributed by atoms with van der Waals surface area (Å²) in [6, 6.07) is 1.15. The molecule has 0 saturated carbocycles. The molecule has 0 bridgehead atoms. The van der Waals surface area contributed by atoms with Crippen LogP contribution in [0.25, 0.3) is 0 Å². The van der Waals surface area contributed by atoms with E-state index in [1.165, 1.54) is 0 Å². The van der Waals surface area contributed by atoms with Crippen LogP contribution in [0.2, 0.25) is 5.28 Å². The number of alkyl halides is 2. The van der Waals surface area contributed by atoms with Gasteiger partial charge in [0, 0.05) is 18.7 Å². The summed E-state index contributed by atoms with van der Waals surface area (Å²) in [6.45, 7) is 0.944. The number of aromatic nitrogens is 2. The van der Waals surface area contributed by atoms with Gasteiger partial charge in [-0.15, -0.1) is 0 Å². The summed E-state index contributed by atoms with van der Waals surface area (Å²) in [5.74, 6) is -3.16. The Morgan fingerprint density at radius 1 is 1.50 bits per heavy atom. The first-order valence-corrected chi connectivity index (χ1v) is 4.34. The molecule has 0 fully saturated rings. The second-order valence-electron chi connectivity index (χ2n) is 2.84. The summed E-state index contributed by atoms with van der Waals surface area (Å²) in [5.41, 5.74) is -0.0818. The van der Waals surface area contributed by atoms with Crippen molar-refractivity contribution in [1.82, 2.24) is 9.97 Å². The predicted molar refractivity (Wildman–Crippen MR) is 47.4 cm³/mol. The molecule has 6 heteroatoms. The van der Waals surface area contributed by atoms with Gasteiger partial charge in [-0.05, 0) is 24.6 Å². The summed E-state index contributed by atoms with van der Waals surface area (Å²) in [4.78, 5) is 7.08. The molecule has 78 valence electrons. The van der Waals surface area contributed by atoms with Crippen molar-refractivity contribution in [1.29, 1.82) is 0 Å². The Morgan fingerprint density at radius 2 is 2.14 bits per heavy atom. The lowest BCUT2D eigenvalue weighted by Crippen LogP contribution is -2.17. The Kier molecular flexibility index (Phi) is 3.34. The zero-order valence-electron chi connectivity index (χ0n) is 7.47. The Hall–Kier alpha value is -0.810. The minimum Gasteiger partial charge on any atom is -0.396 e. The van der Waals surface area contributed by atoms with Crippen LogP contribution in [0.15, 0.2) is 6.07 Å². The monoisotopic (exact) mass is 222 g/mol. The molecule has 0 amide bonds. The van der Waals surface area contributed by atoms with E-state index in [0.717, 1.165) is 6.07 Å². The van der Waals surface area contributed by atoms with Gasteiger partial charge in [-0.2, -0.15) is 8.78 Å². The minimum absolute atomic E-state index is 0.211. The van der Waals surface area contributed by atoms with Crippen LogP contribution in [0.4, 0.5) is 8.78 Å². The summed E-state index contributed by atoms with van der Waals surface area (Å²) in [7, 11) is 0. The molecule has 1 aromatic rings. The van der Waals surface area contributed by atoms with Gasteiger partial charge in [0.05, 0.1) is 0 Å². The predicted octanol–water partition coefficient (Wildman–Crippen LogP) is 1.91. The van der Waals surface area contributed by atoms with E-state index < -0.39 is 24.6 Å². The molecule has 0 spiro atoms. The van der Waals surface area contributed by atoms with E-state index in [9.17, 15) is 8.78 Å². The fraction of sp³-hybridized carbons (Fsp3) is 0.500. The SMILES string of the molecule is Cc1cc(C(F)(F)CCO)nc(Cl)n1. The number of aliphatic hydroxyl groups excluding tert-OH is 1. The number of halogens is 3. The molecule has 0 atom stereocenters. The molecular weight excluding hydrogens is 214 g/mol. The second kappa shape index (κ2) is 4.14. The molecule has 0 unspecified atom stereocenters. The van der Waals surface area contributed by atoms with E-state index in [-0.39, 0.29) is 5.28 Å². The molecule has 0 aromatic carbocycles. The average molecular weight is 223 g/mol. The number of rotatable bonds is 3. The smallest absolute Gasteiger partial charge is 0.292 e. The topological polar surface area (TPSA) is 46.0 Å². The third-order valence-corrected chi connectivity index (χ3v) is 1.80. The van der Waals surface area contributed by atoms with Gasteiger partial charge in [-0.3, -0.25) is 0 Å². The lowest BCUT2D eigenvalue weighted by molar-refractivity contribution is -0.0312. The molecular formula is C8H9ClF2N2O. The molecule has 0 radical (unpaired) electrons. The highest BCUT2D eigenvalue weighted by Crippen LogP contribution is 2.30. The van der Waals surface area contributed by atoms with Crippen molar-refractivity contribution in [2.45, 2.75) is 19.3 Å². The third kappa shape index (κ3) is 2.59. The van der Waals surface area contributed by atoms with Gasteiger partial charge in [0.25, 0.3) is 5.92 Å². The van der Waals surface area contributed by atoms with Crippen molar-refractivity contribution in [2.24, 2.45) is 0 Å². The van der Waals surface area contributed by atoms with E-state index in [0.29, 0.717) is 5.69 Å². The molecule has 1 aromatic heterocycles. The maximum atomic E-state index is 13.2. The van der Waals surface area contributed by atoms with E-state index in [2.05, 4.69) is 9.97 Å². The maximum absolute atomic E-state index is 13.2. The number of hydrogen-bond acceptors (Lipinski definition) is 3. The Morgan fingerprint density at radius 3 is 2.64 bits per heavy atom. The van der Waals surface area contributed by atoms with Gasteiger partial charge < -0.3 is 5.11 Å². The van der Waals surface area contributed by atoms with Gasteiger partial charge in [0.1, 0.15) is 5.69 Å². The van der Waals surface area contributed by atoms with E-state index in [4.69, 9.17) is 16.7 Å². The quantitative estimate of drug-likeness (QED) is 0.795. The van der Waals surface area contributed by atoms with Crippen molar-refractivity contribution in [3.8, 4) is 0 Å². The highest BCUT2D eigenvalue weighted by atomic mass is 35.5. The molecule has 0 aliphatic heterocycles. The van der Waals surface area contributed by atoms with Gasteiger partial charge in [-0.1, -0.05) is 0 Å². The van der Waals surface area contributed by atoms with Crippen molar-refractivity contribution < 1.29 is 13.9 Å². The largest absolute Gasteiger partial charge is 0.396 e. The van der Waals surface area contributed by atoms with Crippen molar-refractivity contribution in [2.75, 3.05) is 6.61 Å². The normalized spacial score (nSPS) is 11.8. The van der Waals surface area contributed by atoms with Crippen LogP contribution < -0.4 is 0 Å².